The first-order valence-corrected chi connectivity index (χ1v) is 19.6. The van der Waals surface area contributed by atoms with Crippen LogP contribution in [-0.4, -0.2) is 105 Å². The van der Waals surface area contributed by atoms with Crippen LogP contribution < -0.4 is 5.32 Å². The summed E-state index contributed by atoms with van der Waals surface area (Å²) >= 11 is 0. The molecule has 0 radical (unpaired) electrons. The number of carbonyl (C=O) groups is 6. The van der Waals surface area contributed by atoms with E-state index in [2.05, 4.69) is 5.32 Å². The number of Topliss-reactive ketones (excluding diaryl/α,β-unsaturated/α-hetero) is 2. The van der Waals surface area contributed by atoms with Crippen molar-refractivity contribution in [3.05, 3.63) is 82.4 Å². The normalized spacial score (nSPS) is 32.1. The predicted octanol–water partition coefficient (Wildman–Crippen LogP) is 3.78. The van der Waals surface area contributed by atoms with Gasteiger partial charge in [0.25, 0.3) is 0 Å². The summed E-state index contributed by atoms with van der Waals surface area (Å²) in [6.45, 7) is 13.4. The number of fused-ring (bicyclic) bond motifs is 5. The molecule has 4 aliphatic rings. The van der Waals surface area contributed by atoms with Gasteiger partial charge in [0.2, 0.25) is 0 Å². The summed E-state index contributed by atoms with van der Waals surface area (Å²) in [5.41, 5.74) is -7.71. The van der Waals surface area contributed by atoms with E-state index in [0.717, 1.165) is 12.5 Å². The fourth-order valence-electron chi connectivity index (χ4n) is 9.47. The summed E-state index contributed by atoms with van der Waals surface area (Å²) in [5, 5.41) is 39.8. The highest BCUT2D eigenvalue weighted by molar-refractivity contribution is 6.11. The third-order valence-corrected chi connectivity index (χ3v) is 12.6. The van der Waals surface area contributed by atoms with E-state index in [9.17, 15) is 44.1 Å². The number of aliphatic hydroxyl groups is 3. The number of aliphatic hydroxyl groups excluding tert-OH is 2. The summed E-state index contributed by atoms with van der Waals surface area (Å²) in [7, 11) is 0. The molecule has 0 spiro atoms. The van der Waals surface area contributed by atoms with Crippen molar-refractivity contribution in [3.8, 4) is 0 Å². The standard InChI is InChI=1S/C44H53NO14/c1-22-15-17-25(18-16-22)31(45-39(53)59-40(4,5)6)33(49)38(52)56-27-20-44(54)36(57-37(51)26-13-11-10-12-14-26)34-42(9,35(50)32(48)30(23(27)2)41(44,7)8)28(47)19-29-43(34,21-55-29)58-24(3)46/h10-18,27,29,31-34,36,48-49,54H,19-21H2,1-9H3,(H,45,53)/t27-,29+,31-,32+,33+,34-,36-,42?,43-,44+/m0/s1. The van der Waals surface area contributed by atoms with E-state index in [0.29, 0.717) is 5.56 Å². The first kappa shape index (κ1) is 43.6. The number of benzene rings is 2. The molecule has 1 heterocycles. The van der Waals surface area contributed by atoms with E-state index in [-0.39, 0.29) is 29.7 Å². The van der Waals surface area contributed by atoms with Crippen LogP contribution in [0.5, 0.6) is 0 Å². The minimum Gasteiger partial charge on any atom is -0.456 e. The minimum absolute atomic E-state index is 0.0580. The van der Waals surface area contributed by atoms with Crippen molar-refractivity contribution in [3.63, 3.8) is 0 Å². The van der Waals surface area contributed by atoms with Crippen LogP contribution in [0.4, 0.5) is 4.79 Å². The quantitative estimate of drug-likeness (QED) is 0.129. The van der Waals surface area contributed by atoms with E-state index in [4.69, 9.17) is 23.7 Å². The highest BCUT2D eigenvalue weighted by Gasteiger charge is 2.78. The molecule has 0 aromatic heterocycles. The lowest BCUT2D eigenvalue weighted by atomic mass is 9.45. The summed E-state index contributed by atoms with van der Waals surface area (Å²) in [5.74, 6) is -6.32. The van der Waals surface area contributed by atoms with Gasteiger partial charge in [-0.25, -0.2) is 14.4 Å². The van der Waals surface area contributed by atoms with Gasteiger partial charge >= 0.3 is 24.0 Å². The molecule has 3 aliphatic carbocycles. The maximum absolute atomic E-state index is 14.9. The van der Waals surface area contributed by atoms with E-state index < -0.39 is 112 Å². The average molecular weight is 820 g/mol. The summed E-state index contributed by atoms with van der Waals surface area (Å²) in [6.07, 6.45) is -10.4. The second kappa shape index (κ2) is 15.3. The molecule has 1 unspecified atom stereocenters. The van der Waals surface area contributed by atoms with Gasteiger partial charge in [0, 0.05) is 25.2 Å². The fraction of sp³-hybridized carbons (Fsp3) is 0.545. The molecule has 2 aromatic rings. The second-order valence-corrected chi connectivity index (χ2v) is 17.9. The lowest BCUT2D eigenvalue weighted by Crippen LogP contribution is -2.81. The highest BCUT2D eigenvalue weighted by atomic mass is 16.6. The molecular weight excluding hydrogens is 766 g/mol. The van der Waals surface area contributed by atoms with Crippen molar-refractivity contribution < 1.29 is 67.8 Å². The molecule has 1 amide bonds. The molecule has 59 heavy (non-hydrogen) atoms. The first-order chi connectivity index (χ1) is 27.4. The van der Waals surface area contributed by atoms with E-state index in [1.165, 1.54) is 39.8 Å². The Morgan fingerprint density at radius 1 is 0.949 bits per heavy atom. The van der Waals surface area contributed by atoms with Crippen LogP contribution in [0.25, 0.3) is 0 Å². The summed E-state index contributed by atoms with van der Waals surface area (Å²) in [6, 6.07) is 13.1. The van der Waals surface area contributed by atoms with Crippen LogP contribution in [0, 0.1) is 23.7 Å². The van der Waals surface area contributed by atoms with Crippen LogP contribution in [0.15, 0.2) is 65.7 Å². The second-order valence-electron chi connectivity index (χ2n) is 17.9. The number of carbonyl (C=O) groups excluding carboxylic acids is 6. The summed E-state index contributed by atoms with van der Waals surface area (Å²) in [4.78, 5) is 83.2. The van der Waals surface area contributed by atoms with Crippen LogP contribution in [0.2, 0.25) is 0 Å². The van der Waals surface area contributed by atoms with Crippen LogP contribution >= 0.6 is 0 Å². The Morgan fingerprint density at radius 3 is 2.14 bits per heavy atom. The van der Waals surface area contributed by atoms with E-state index in [1.807, 2.05) is 6.92 Å². The monoisotopic (exact) mass is 819 g/mol. The SMILES string of the molecule is CC(=O)O[C@@]12CO[C@@H]1CC(=O)C1(C)C(=O)[C@H](O)C3=C(C)[C@@H](OC(=O)[C@H](O)[C@@H](NC(=O)OC(C)(C)C)c4ccc(C)cc4)C[C@@](O)([C@@H](OC(=O)c4ccccc4)[C@@H]12)C3(C)C. The predicted molar refractivity (Wildman–Crippen MR) is 207 cm³/mol. The largest absolute Gasteiger partial charge is 0.456 e. The first-order valence-electron chi connectivity index (χ1n) is 19.6. The number of hydrogen-bond donors (Lipinski definition) is 4. The zero-order chi connectivity index (χ0) is 43.6. The Bertz CT molecular complexity index is 2070. The summed E-state index contributed by atoms with van der Waals surface area (Å²) < 4.78 is 29.4. The number of aryl methyl sites for hydroxylation is 1. The molecule has 2 saturated carbocycles. The smallest absolute Gasteiger partial charge is 0.408 e. The Balaban J connectivity index is 1.49. The van der Waals surface area contributed by atoms with Crippen molar-refractivity contribution in [1.82, 2.24) is 5.32 Å². The van der Waals surface area contributed by atoms with E-state index in [1.54, 1.807) is 63.2 Å². The zero-order valence-corrected chi connectivity index (χ0v) is 34.7. The number of esters is 3. The molecule has 2 bridgehead atoms. The third-order valence-electron chi connectivity index (χ3n) is 12.6. The fourth-order valence-corrected chi connectivity index (χ4v) is 9.47. The van der Waals surface area contributed by atoms with Gasteiger partial charge in [0.05, 0.1) is 29.5 Å². The Hall–Kier alpha value is -4.96. The third kappa shape index (κ3) is 7.36. The van der Waals surface area contributed by atoms with Gasteiger partial charge in [-0.1, -0.05) is 61.9 Å². The van der Waals surface area contributed by atoms with Crippen molar-refractivity contribution >= 4 is 35.6 Å². The molecular formula is C44H53NO14. The van der Waals surface area contributed by atoms with Gasteiger partial charge in [0.15, 0.2) is 17.5 Å². The molecule has 2 aromatic carbocycles. The number of ether oxygens (including phenoxy) is 5. The van der Waals surface area contributed by atoms with Crippen molar-refractivity contribution in [2.24, 2.45) is 16.7 Å². The number of hydrogen-bond acceptors (Lipinski definition) is 14. The lowest BCUT2D eigenvalue weighted by molar-refractivity contribution is -0.322. The molecule has 4 N–H and O–H groups in total. The van der Waals surface area contributed by atoms with Gasteiger partial charge in [-0.05, 0) is 70.4 Å². The number of alkyl carbamates (subject to hydrolysis) is 1. The number of amides is 1. The van der Waals surface area contributed by atoms with Gasteiger partial charge in [-0.3, -0.25) is 14.4 Å². The van der Waals surface area contributed by atoms with Crippen molar-refractivity contribution in [2.45, 2.75) is 129 Å². The number of ketones is 2. The minimum atomic E-state index is -2.40. The van der Waals surface area contributed by atoms with Gasteiger partial charge in [-0.2, -0.15) is 0 Å². The van der Waals surface area contributed by atoms with Crippen LogP contribution in [0.3, 0.4) is 0 Å². The van der Waals surface area contributed by atoms with Crippen LogP contribution in [0.1, 0.15) is 95.8 Å². The molecule has 15 heteroatoms. The van der Waals surface area contributed by atoms with Crippen molar-refractivity contribution in [1.29, 1.82) is 0 Å². The highest BCUT2D eigenvalue weighted by Crippen LogP contribution is 2.63. The topological polar surface area (TPSA) is 221 Å². The van der Waals surface area contributed by atoms with Crippen LogP contribution in [-0.2, 0) is 42.9 Å². The Kier molecular flexibility index (Phi) is 11.3. The molecule has 15 nitrogen and oxygen atoms in total. The Labute approximate surface area is 342 Å². The maximum Gasteiger partial charge on any atom is 0.408 e. The van der Waals surface area contributed by atoms with Gasteiger partial charge < -0.3 is 44.3 Å². The zero-order valence-electron chi connectivity index (χ0n) is 34.7. The molecule has 1 saturated heterocycles. The Morgan fingerprint density at radius 2 is 1.58 bits per heavy atom. The van der Waals surface area contributed by atoms with E-state index >= 15 is 0 Å². The number of nitrogens with one attached hydrogen (secondary N) is 1. The molecule has 318 valence electrons. The maximum atomic E-state index is 14.9. The van der Waals surface area contributed by atoms with Gasteiger partial charge in [0.1, 0.15) is 41.4 Å². The van der Waals surface area contributed by atoms with Gasteiger partial charge in [-0.15, -0.1) is 0 Å². The molecule has 1 aliphatic heterocycles. The number of rotatable bonds is 8. The molecule has 6 rings (SSSR count). The average Bonchev–Trinajstić information content (AvgIpc) is 3.15. The molecule has 3 fully saturated rings. The molecule has 10 atom stereocenters. The lowest BCUT2D eigenvalue weighted by Gasteiger charge is -2.65. The van der Waals surface area contributed by atoms with Crippen molar-refractivity contribution in [2.75, 3.05) is 6.61 Å².